The average Bonchev–Trinajstić information content (AvgIpc) is 3.05. The van der Waals surface area contributed by atoms with E-state index in [-0.39, 0.29) is 10.7 Å². The fraction of sp³-hybridized carbons (Fsp3) is 0.286. The molecule has 3 rings (SSSR count). The van der Waals surface area contributed by atoms with E-state index in [0.717, 1.165) is 22.2 Å². The number of rotatable bonds is 4. The SMILES string of the molecule is CC(C#N)Sc1nnc(-c2ccc(C(C)(C)C)cc2)n1-c1ccccc1. The van der Waals surface area contributed by atoms with Crippen molar-refractivity contribution in [1.82, 2.24) is 14.8 Å². The summed E-state index contributed by atoms with van der Waals surface area (Å²) in [6.07, 6.45) is 0. The highest BCUT2D eigenvalue weighted by atomic mass is 32.2. The van der Waals surface area contributed by atoms with Gasteiger partial charge in [-0.1, -0.05) is 75.0 Å². The van der Waals surface area contributed by atoms with E-state index in [9.17, 15) is 0 Å². The molecule has 3 aromatic rings. The first-order valence-corrected chi connectivity index (χ1v) is 9.46. The second-order valence-electron chi connectivity index (χ2n) is 7.19. The van der Waals surface area contributed by atoms with Gasteiger partial charge in [-0.15, -0.1) is 10.2 Å². The third-order valence-corrected chi connectivity index (χ3v) is 5.05. The molecule has 0 N–H and O–H groups in total. The summed E-state index contributed by atoms with van der Waals surface area (Å²) in [5.41, 5.74) is 3.38. The molecule has 0 saturated heterocycles. The number of hydrogen-bond acceptors (Lipinski definition) is 4. The maximum atomic E-state index is 9.16. The minimum Gasteiger partial charge on any atom is -0.270 e. The molecule has 0 bridgehead atoms. The molecule has 26 heavy (non-hydrogen) atoms. The Bertz CT molecular complexity index is 915. The van der Waals surface area contributed by atoms with Gasteiger partial charge in [-0.05, 0) is 30.0 Å². The molecule has 5 heteroatoms. The summed E-state index contributed by atoms with van der Waals surface area (Å²) in [4.78, 5) is 0. The highest BCUT2D eigenvalue weighted by Crippen LogP contribution is 2.31. The van der Waals surface area contributed by atoms with Gasteiger partial charge in [0.15, 0.2) is 11.0 Å². The summed E-state index contributed by atoms with van der Waals surface area (Å²) < 4.78 is 2.02. The van der Waals surface area contributed by atoms with Crippen LogP contribution in [0.25, 0.3) is 17.1 Å². The molecule has 0 radical (unpaired) electrons. The maximum absolute atomic E-state index is 9.16. The van der Waals surface area contributed by atoms with Gasteiger partial charge in [-0.3, -0.25) is 4.57 Å². The fourth-order valence-electron chi connectivity index (χ4n) is 2.65. The molecule has 0 aliphatic rings. The number of aromatic nitrogens is 3. The van der Waals surface area contributed by atoms with Crippen LogP contribution in [-0.4, -0.2) is 20.0 Å². The van der Waals surface area contributed by atoms with Crippen molar-refractivity contribution < 1.29 is 0 Å². The zero-order chi connectivity index (χ0) is 18.7. The lowest BCUT2D eigenvalue weighted by Gasteiger charge is -2.19. The fourth-order valence-corrected chi connectivity index (χ4v) is 3.40. The summed E-state index contributed by atoms with van der Waals surface area (Å²) in [6, 6.07) is 20.7. The molecule has 0 aliphatic carbocycles. The Morgan fingerprint density at radius 3 is 2.23 bits per heavy atom. The summed E-state index contributed by atoms with van der Waals surface area (Å²) in [7, 11) is 0. The van der Waals surface area contributed by atoms with Crippen molar-refractivity contribution in [3.63, 3.8) is 0 Å². The third-order valence-electron chi connectivity index (χ3n) is 4.12. The van der Waals surface area contributed by atoms with E-state index >= 15 is 0 Å². The Morgan fingerprint density at radius 1 is 1.00 bits per heavy atom. The highest BCUT2D eigenvalue weighted by molar-refractivity contribution is 8.00. The number of para-hydroxylation sites is 1. The highest BCUT2D eigenvalue weighted by Gasteiger charge is 2.19. The van der Waals surface area contributed by atoms with Crippen LogP contribution in [-0.2, 0) is 5.41 Å². The van der Waals surface area contributed by atoms with E-state index < -0.39 is 0 Å². The van der Waals surface area contributed by atoms with Crippen LogP contribution in [0.5, 0.6) is 0 Å². The number of nitrogens with zero attached hydrogens (tertiary/aromatic N) is 4. The van der Waals surface area contributed by atoms with Crippen molar-refractivity contribution in [3.05, 3.63) is 60.2 Å². The van der Waals surface area contributed by atoms with Crippen LogP contribution in [0.1, 0.15) is 33.3 Å². The molecule has 132 valence electrons. The van der Waals surface area contributed by atoms with Gasteiger partial charge in [0, 0.05) is 11.3 Å². The first kappa shape index (κ1) is 18.2. The lowest BCUT2D eigenvalue weighted by molar-refractivity contribution is 0.590. The smallest absolute Gasteiger partial charge is 0.197 e. The van der Waals surface area contributed by atoms with Gasteiger partial charge in [-0.25, -0.2) is 0 Å². The molecule has 4 nitrogen and oxygen atoms in total. The van der Waals surface area contributed by atoms with E-state index in [1.807, 2.05) is 41.8 Å². The van der Waals surface area contributed by atoms with Crippen LogP contribution >= 0.6 is 11.8 Å². The van der Waals surface area contributed by atoms with Crippen LogP contribution in [0.3, 0.4) is 0 Å². The van der Waals surface area contributed by atoms with Crippen molar-refractivity contribution >= 4 is 11.8 Å². The van der Waals surface area contributed by atoms with Crippen molar-refractivity contribution in [1.29, 1.82) is 5.26 Å². The van der Waals surface area contributed by atoms with Gasteiger partial charge < -0.3 is 0 Å². The molecular weight excluding hydrogens is 340 g/mol. The zero-order valence-electron chi connectivity index (χ0n) is 15.5. The van der Waals surface area contributed by atoms with Gasteiger partial charge in [0.25, 0.3) is 0 Å². The molecule has 0 saturated carbocycles. The van der Waals surface area contributed by atoms with Crippen LogP contribution in [0, 0.1) is 11.3 Å². The Morgan fingerprint density at radius 2 is 1.65 bits per heavy atom. The number of benzene rings is 2. The molecule has 0 spiro atoms. The minimum atomic E-state index is -0.197. The number of hydrogen-bond donors (Lipinski definition) is 0. The van der Waals surface area contributed by atoms with Gasteiger partial charge >= 0.3 is 0 Å². The molecule has 2 aromatic carbocycles. The second kappa shape index (κ2) is 7.35. The molecule has 1 atom stereocenters. The Balaban J connectivity index is 2.09. The second-order valence-corrected chi connectivity index (χ2v) is 8.50. The zero-order valence-corrected chi connectivity index (χ0v) is 16.3. The standard InChI is InChI=1S/C21H22N4S/c1-15(14-22)26-20-24-23-19(25(20)18-8-6-5-7-9-18)16-10-12-17(13-11-16)21(2,3)4/h5-13,15H,1-4H3. The summed E-state index contributed by atoms with van der Waals surface area (Å²) in [5.74, 6) is 0.782. The molecule has 0 aliphatic heterocycles. The first-order valence-electron chi connectivity index (χ1n) is 8.58. The Hall–Kier alpha value is -2.58. The lowest BCUT2D eigenvalue weighted by atomic mass is 9.87. The summed E-state index contributed by atoms with van der Waals surface area (Å²) >= 11 is 1.42. The van der Waals surface area contributed by atoms with Gasteiger partial charge in [-0.2, -0.15) is 5.26 Å². The van der Waals surface area contributed by atoms with Crippen molar-refractivity contribution in [2.45, 2.75) is 43.5 Å². The maximum Gasteiger partial charge on any atom is 0.197 e. The van der Waals surface area contributed by atoms with Crippen LogP contribution in [0.2, 0.25) is 0 Å². The van der Waals surface area contributed by atoms with Gasteiger partial charge in [0.1, 0.15) is 0 Å². The predicted octanol–water partition coefficient (Wildman–Crippen LogP) is 5.24. The Kier molecular flexibility index (Phi) is 5.15. The Labute approximate surface area is 158 Å². The molecule has 1 aromatic heterocycles. The van der Waals surface area contributed by atoms with E-state index in [0.29, 0.717) is 0 Å². The van der Waals surface area contributed by atoms with Crippen LogP contribution in [0.15, 0.2) is 59.8 Å². The minimum absolute atomic E-state index is 0.106. The molecule has 1 heterocycles. The summed E-state index contributed by atoms with van der Waals surface area (Å²) in [5, 5.41) is 18.5. The summed E-state index contributed by atoms with van der Waals surface area (Å²) in [6.45, 7) is 8.47. The average molecular weight is 363 g/mol. The van der Waals surface area contributed by atoms with Crippen LogP contribution in [0.4, 0.5) is 0 Å². The van der Waals surface area contributed by atoms with E-state index in [1.165, 1.54) is 17.3 Å². The van der Waals surface area contributed by atoms with Gasteiger partial charge in [0.05, 0.1) is 11.3 Å². The molecule has 0 amide bonds. The normalized spacial score (nSPS) is 12.6. The number of nitriles is 1. The van der Waals surface area contributed by atoms with Crippen molar-refractivity contribution in [2.75, 3.05) is 0 Å². The number of thioether (sulfide) groups is 1. The third kappa shape index (κ3) is 3.81. The monoisotopic (exact) mass is 362 g/mol. The molecule has 1 unspecified atom stereocenters. The van der Waals surface area contributed by atoms with Crippen molar-refractivity contribution in [3.8, 4) is 23.1 Å². The van der Waals surface area contributed by atoms with Crippen LogP contribution < -0.4 is 0 Å². The van der Waals surface area contributed by atoms with E-state index in [1.54, 1.807) is 0 Å². The quantitative estimate of drug-likeness (QED) is 0.596. The van der Waals surface area contributed by atoms with E-state index in [2.05, 4.69) is 61.3 Å². The van der Waals surface area contributed by atoms with Crippen molar-refractivity contribution in [2.24, 2.45) is 0 Å². The lowest BCUT2D eigenvalue weighted by Crippen LogP contribution is -2.10. The topological polar surface area (TPSA) is 54.5 Å². The molecular formula is C21H22N4S. The molecule has 0 fully saturated rings. The predicted molar refractivity (Wildman–Crippen MR) is 106 cm³/mol. The van der Waals surface area contributed by atoms with Gasteiger partial charge in [0.2, 0.25) is 0 Å². The first-order chi connectivity index (χ1) is 12.4. The largest absolute Gasteiger partial charge is 0.270 e. The van der Waals surface area contributed by atoms with E-state index in [4.69, 9.17) is 5.26 Å².